The van der Waals surface area contributed by atoms with Gasteiger partial charge in [0.1, 0.15) is 7.11 Å². The summed E-state index contributed by atoms with van der Waals surface area (Å²) in [5, 5.41) is 4.04. The Morgan fingerprint density at radius 1 is 1.40 bits per heavy atom. The lowest BCUT2D eigenvalue weighted by molar-refractivity contribution is -0.00678. The molecule has 130 valence electrons. The van der Waals surface area contributed by atoms with E-state index < -0.39 is 0 Å². The summed E-state index contributed by atoms with van der Waals surface area (Å²) in [5.74, 6) is 5.76. The first-order valence-corrected chi connectivity index (χ1v) is 8.15. The number of hydrogen-bond acceptors (Lipinski definition) is 3. The van der Waals surface area contributed by atoms with Crippen LogP contribution in [0.25, 0.3) is 5.53 Å². The minimum Gasteiger partial charge on any atom is -0.399 e. The minimum atomic E-state index is -0.335. The zero-order valence-corrected chi connectivity index (χ0v) is 14.8. The largest absolute Gasteiger partial charge is 0.399 e. The number of benzene rings is 1. The van der Waals surface area contributed by atoms with Crippen molar-refractivity contribution in [3.63, 3.8) is 0 Å². The number of unbranched alkanes of at least 4 members (excludes halogenated alkanes) is 1. The number of ketones is 1. The van der Waals surface area contributed by atoms with E-state index in [0.717, 1.165) is 25.0 Å². The predicted octanol–water partition coefficient (Wildman–Crippen LogP) is 4.05. The van der Waals surface area contributed by atoms with Gasteiger partial charge in [0.05, 0.1) is 5.71 Å². The van der Waals surface area contributed by atoms with Gasteiger partial charge >= 0.3 is 5.71 Å². The predicted molar refractivity (Wildman–Crippen MR) is 99.7 cm³/mol. The fourth-order valence-electron chi connectivity index (χ4n) is 2.19. The van der Waals surface area contributed by atoms with E-state index in [-0.39, 0.29) is 11.5 Å². The maximum absolute atomic E-state index is 12.2. The van der Waals surface area contributed by atoms with Crippen LogP contribution in [0.1, 0.15) is 54.9 Å². The zero-order valence-electron chi connectivity index (χ0n) is 14.8. The number of rotatable bonds is 9. The highest BCUT2D eigenvalue weighted by molar-refractivity contribution is 6.43. The molecule has 1 aromatic rings. The maximum atomic E-state index is 12.2. The van der Waals surface area contributed by atoms with Crippen LogP contribution in [0.3, 0.4) is 0 Å². The molecule has 5 heteroatoms. The summed E-state index contributed by atoms with van der Waals surface area (Å²) in [6, 6.07) is 7.03. The third kappa shape index (κ3) is 6.99. The van der Waals surface area contributed by atoms with Gasteiger partial charge in [-0.05, 0) is 37.8 Å². The summed E-state index contributed by atoms with van der Waals surface area (Å²) in [7, 11) is 1.53. The van der Waals surface area contributed by atoms with Crippen LogP contribution in [0.5, 0.6) is 0 Å². The van der Waals surface area contributed by atoms with Crippen LogP contribution in [0.4, 0.5) is 0 Å². The molecule has 0 aromatic heterocycles. The normalized spacial score (nSPS) is 10.2. The topological polar surface area (TPSA) is 75.1 Å². The molecule has 0 fully saturated rings. The second-order valence-electron chi connectivity index (χ2n) is 5.38. The van der Waals surface area contributed by atoms with Crippen molar-refractivity contribution in [2.75, 3.05) is 7.11 Å². The highest BCUT2D eigenvalue weighted by atomic mass is 16.6. The van der Waals surface area contributed by atoms with E-state index in [4.69, 9.17) is 10.4 Å². The van der Waals surface area contributed by atoms with E-state index in [9.17, 15) is 4.79 Å². The van der Waals surface area contributed by atoms with Crippen LogP contribution >= 0.6 is 0 Å². The van der Waals surface area contributed by atoms with Crippen molar-refractivity contribution >= 4 is 17.2 Å². The fourth-order valence-corrected chi connectivity index (χ4v) is 2.19. The van der Waals surface area contributed by atoms with Crippen LogP contribution in [-0.2, 0) is 4.84 Å². The lowest BCUT2D eigenvalue weighted by atomic mass is 10.0. The van der Waals surface area contributed by atoms with Gasteiger partial charge in [0, 0.05) is 24.5 Å². The average molecular weight is 337 g/mol. The summed E-state index contributed by atoms with van der Waals surface area (Å²) < 4.78 is 0. The van der Waals surface area contributed by atoms with E-state index in [1.807, 2.05) is 12.1 Å². The standard InChI is InChI=1S/C20H23N3O2/c1-4-5-6-13-18(23-25-3)14-9-7-11-17-12-8-10-15-19(17)20(24)16(2)22-21/h4,8,10,12,15H,1,5-6,9,13-14H2,2-3H3/b23-18+. The molecular weight excluding hydrogens is 314 g/mol. The van der Waals surface area contributed by atoms with Crippen LogP contribution in [0.2, 0.25) is 0 Å². The van der Waals surface area contributed by atoms with Crippen molar-refractivity contribution in [2.45, 2.75) is 39.0 Å². The highest BCUT2D eigenvalue weighted by Gasteiger charge is 2.18. The molecule has 5 nitrogen and oxygen atoms in total. The summed E-state index contributed by atoms with van der Waals surface area (Å²) >= 11 is 0. The summed E-state index contributed by atoms with van der Waals surface area (Å²) in [4.78, 5) is 20.0. The molecule has 0 aliphatic heterocycles. The van der Waals surface area contributed by atoms with Gasteiger partial charge in [-0.25, -0.2) is 0 Å². The summed E-state index contributed by atoms with van der Waals surface area (Å²) in [6.45, 7) is 5.17. The third-order valence-corrected chi connectivity index (χ3v) is 3.51. The van der Waals surface area contributed by atoms with Gasteiger partial charge in [-0.15, -0.1) is 6.58 Å². The van der Waals surface area contributed by atoms with Crippen LogP contribution in [-0.4, -0.2) is 29.1 Å². The summed E-state index contributed by atoms with van der Waals surface area (Å²) in [6.07, 6.45) is 5.99. The van der Waals surface area contributed by atoms with E-state index in [1.54, 1.807) is 18.2 Å². The SMILES string of the molecule is C=CCCC/C(CCC#Cc1ccccc1C(=O)C(C)=[N+]=[N-])=N\OC. The Morgan fingerprint density at radius 2 is 2.16 bits per heavy atom. The number of allylic oxidation sites excluding steroid dienone is 1. The van der Waals surface area contributed by atoms with E-state index in [0.29, 0.717) is 24.0 Å². The Balaban J connectivity index is 2.78. The fraction of sp³-hybridized carbons (Fsp3) is 0.350. The molecule has 0 spiro atoms. The van der Waals surface area contributed by atoms with E-state index >= 15 is 0 Å². The molecule has 0 unspecified atom stereocenters. The second-order valence-corrected chi connectivity index (χ2v) is 5.38. The monoisotopic (exact) mass is 337 g/mol. The Hall–Kier alpha value is -2.96. The molecule has 0 radical (unpaired) electrons. The van der Waals surface area contributed by atoms with Crippen molar-refractivity contribution in [3.8, 4) is 11.8 Å². The smallest absolute Gasteiger partial charge is 0.336 e. The van der Waals surface area contributed by atoms with Gasteiger partial charge in [0.15, 0.2) is 0 Å². The van der Waals surface area contributed by atoms with Gasteiger partial charge in [0.25, 0.3) is 5.78 Å². The number of Topliss-reactive ketones (excluding diaryl/α,β-unsaturated/α-hetero) is 1. The molecule has 0 amide bonds. The Bertz CT molecular complexity index is 748. The van der Waals surface area contributed by atoms with Gasteiger partial charge < -0.3 is 10.4 Å². The first-order valence-electron chi connectivity index (χ1n) is 8.15. The molecule has 0 bridgehead atoms. The molecule has 0 atom stereocenters. The van der Waals surface area contributed by atoms with Gasteiger partial charge in [-0.3, -0.25) is 4.79 Å². The first-order chi connectivity index (χ1) is 12.1. The number of carbonyl (C=O) groups excluding carboxylic acids is 1. The van der Waals surface area contributed by atoms with E-state index in [2.05, 4.69) is 28.4 Å². The summed E-state index contributed by atoms with van der Waals surface area (Å²) in [5.41, 5.74) is 10.8. The first kappa shape index (κ1) is 20.1. The molecule has 0 aliphatic carbocycles. The van der Waals surface area contributed by atoms with Gasteiger partial charge in [0.2, 0.25) is 0 Å². The lowest BCUT2D eigenvalue weighted by Crippen LogP contribution is -2.12. The quantitative estimate of drug-likeness (QED) is 0.0996. The lowest BCUT2D eigenvalue weighted by Gasteiger charge is -2.02. The van der Waals surface area contributed by atoms with Gasteiger partial charge in [-0.2, -0.15) is 4.79 Å². The van der Waals surface area contributed by atoms with Crippen molar-refractivity contribution in [3.05, 3.63) is 53.6 Å². The third-order valence-electron chi connectivity index (χ3n) is 3.51. The average Bonchev–Trinajstić information content (AvgIpc) is 2.64. The van der Waals surface area contributed by atoms with Crippen LogP contribution in [0.15, 0.2) is 42.1 Å². The molecule has 0 saturated heterocycles. The second kappa shape index (κ2) is 11.6. The molecule has 0 saturated carbocycles. The molecule has 0 N–H and O–H groups in total. The Kier molecular flexibility index (Phi) is 9.28. The highest BCUT2D eigenvalue weighted by Crippen LogP contribution is 2.10. The molecule has 1 aromatic carbocycles. The zero-order chi connectivity index (χ0) is 18.5. The number of nitrogens with zero attached hydrogens (tertiary/aromatic N) is 3. The van der Waals surface area contributed by atoms with Crippen molar-refractivity contribution in [2.24, 2.45) is 5.16 Å². The molecule has 0 aliphatic rings. The molecule has 25 heavy (non-hydrogen) atoms. The van der Waals surface area contributed by atoms with Crippen molar-refractivity contribution in [1.82, 2.24) is 0 Å². The van der Waals surface area contributed by atoms with Crippen LogP contribution < -0.4 is 0 Å². The number of carbonyl (C=O) groups is 1. The molecule has 0 heterocycles. The minimum absolute atomic E-state index is 0.0333. The molecule has 1 rings (SSSR count). The Morgan fingerprint density at radius 3 is 2.84 bits per heavy atom. The number of oxime groups is 1. The van der Waals surface area contributed by atoms with Crippen LogP contribution in [0, 0.1) is 11.8 Å². The van der Waals surface area contributed by atoms with E-state index in [1.165, 1.54) is 14.0 Å². The Labute approximate surface area is 149 Å². The van der Waals surface area contributed by atoms with Crippen molar-refractivity contribution in [1.29, 1.82) is 0 Å². The number of hydrogen-bond donors (Lipinski definition) is 0. The van der Waals surface area contributed by atoms with Gasteiger partial charge in [-0.1, -0.05) is 35.2 Å². The molecular formula is C20H23N3O2. The van der Waals surface area contributed by atoms with Crippen molar-refractivity contribution < 1.29 is 14.4 Å². The maximum Gasteiger partial charge on any atom is 0.336 e.